The zero-order valence-electron chi connectivity index (χ0n) is 19.2. The maximum atomic E-state index is 13.0. The number of nitrogens with zero attached hydrogens (tertiary/aromatic N) is 1. The maximum Gasteiger partial charge on any atom is 0.228 e. The quantitative estimate of drug-likeness (QED) is 0.599. The second-order valence-corrected chi connectivity index (χ2v) is 8.66. The van der Waals surface area contributed by atoms with Gasteiger partial charge in [-0.3, -0.25) is 9.59 Å². The van der Waals surface area contributed by atoms with Crippen molar-refractivity contribution in [2.75, 3.05) is 27.2 Å². The van der Waals surface area contributed by atoms with E-state index < -0.39 is 5.41 Å². The molecule has 0 aliphatic carbocycles. The first-order valence-electron chi connectivity index (χ1n) is 11.3. The van der Waals surface area contributed by atoms with Gasteiger partial charge in [-0.15, -0.1) is 0 Å². The fourth-order valence-corrected chi connectivity index (χ4v) is 4.72. The molecule has 2 amide bonds. The van der Waals surface area contributed by atoms with Gasteiger partial charge in [-0.05, 0) is 35.6 Å². The Morgan fingerprint density at radius 2 is 1.64 bits per heavy atom. The number of amides is 2. The minimum atomic E-state index is -0.618. The van der Waals surface area contributed by atoms with E-state index in [2.05, 4.69) is 29.6 Å². The topological polar surface area (TPSA) is 58.6 Å². The monoisotopic (exact) mass is 442 g/mol. The van der Waals surface area contributed by atoms with Crippen molar-refractivity contribution in [1.29, 1.82) is 0 Å². The Morgan fingerprint density at radius 3 is 2.33 bits per heavy atom. The minimum Gasteiger partial charge on any atom is -0.496 e. The number of carbonyl (C=O) groups excluding carboxylic acids is 2. The molecule has 1 N–H and O–H groups in total. The smallest absolute Gasteiger partial charge is 0.228 e. The Balaban J connectivity index is 1.50. The molecule has 0 bridgehead atoms. The van der Waals surface area contributed by atoms with Crippen LogP contribution in [-0.2, 0) is 22.4 Å². The van der Waals surface area contributed by atoms with E-state index in [0.29, 0.717) is 32.4 Å². The standard InChI is InChI=1S/C28H30N2O3/c1-29-27(32)28(16-17-30(20-28)26(31)18-21-8-4-3-5-9-21)19-22-12-14-23(15-13-22)24-10-6-7-11-25(24)33-2/h3-15H,16-20H2,1-2H3,(H,29,32). The van der Waals surface area contributed by atoms with Crippen molar-refractivity contribution in [3.05, 3.63) is 90.0 Å². The summed E-state index contributed by atoms with van der Waals surface area (Å²) in [4.78, 5) is 27.7. The summed E-state index contributed by atoms with van der Waals surface area (Å²) < 4.78 is 5.49. The first-order valence-corrected chi connectivity index (χ1v) is 11.3. The highest BCUT2D eigenvalue weighted by molar-refractivity contribution is 5.86. The van der Waals surface area contributed by atoms with Crippen LogP contribution in [0.5, 0.6) is 5.75 Å². The van der Waals surface area contributed by atoms with Crippen LogP contribution in [0.2, 0.25) is 0 Å². The number of rotatable bonds is 7. The third-order valence-corrected chi connectivity index (χ3v) is 6.53. The van der Waals surface area contributed by atoms with Gasteiger partial charge in [0.05, 0.1) is 18.9 Å². The molecule has 0 radical (unpaired) electrons. The number of carbonyl (C=O) groups is 2. The fraction of sp³-hybridized carbons (Fsp3) is 0.286. The van der Waals surface area contributed by atoms with Crippen LogP contribution in [0.1, 0.15) is 17.5 Å². The van der Waals surface area contributed by atoms with Gasteiger partial charge in [-0.25, -0.2) is 0 Å². The van der Waals surface area contributed by atoms with Crippen molar-refractivity contribution >= 4 is 11.8 Å². The first-order chi connectivity index (χ1) is 16.0. The lowest BCUT2D eigenvalue weighted by Crippen LogP contribution is -2.44. The van der Waals surface area contributed by atoms with Gasteiger partial charge in [0.25, 0.3) is 0 Å². The molecule has 4 rings (SSSR count). The minimum absolute atomic E-state index is 0.00804. The zero-order valence-corrected chi connectivity index (χ0v) is 19.2. The summed E-state index contributed by atoms with van der Waals surface area (Å²) in [5.74, 6) is 0.889. The lowest BCUT2D eigenvalue weighted by molar-refractivity contribution is -0.132. The summed E-state index contributed by atoms with van der Waals surface area (Å²) in [6, 6.07) is 26.0. The van der Waals surface area contributed by atoms with E-state index in [1.807, 2.05) is 59.5 Å². The van der Waals surface area contributed by atoms with E-state index >= 15 is 0 Å². The van der Waals surface area contributed by atoms with Crippen LogP contribution in [0.15, 0.2) is 78.9 Å². The van der Waals surface area contributed by atoms with Crippen LogP contribution in [0.3, 0.4) is 0 Å². The number of ether oxygens (including phenoxy) is 1. The second-order valence-electron chi connectivity index (χ2n) is 8.66. The van der Waals surface area contributed by atoms with Crippen LogP contribution < -0.4 is 10.1 Å². The van der Waals surface area contributed by atoms with Gasteiger partial charge in [0.2, 0.25) is 11.8 Å². The number of hydrogen-bond acceptors (Lipinski definition) is 3. The highest BCUT2D eigenvalue weighted by Crippen LogP contribution is 2.36. The summed E-state index contributed by atoms with van der Waals surface area (Å²) >= 11 is 0. The molecule has 1 fully saturated rings. The van der Waals surface area contributed by atoms with Crippen LogP contribution in [0, 0.1) is 5.41 Å². The number of benzene rings is 3. The molecule has 0 saturated carbocycles. The van der Waals surface area contributed by atoms with Crippen LogP contribution in [0.25, 0.3) is 11.1 Å². The third kappa shape index (κ3) is 4.92. The van der Waals surface area contributed by atoms with E-state index in [1.54, 1.807) is 14.2 Å². The molecular weight excluding hydrogens is 412 g/mol. The molecule has 1 aliphatic heterocycles. The molecule has 1 unspecified atom stereocenters. The third-order valence-electron chi connectivity index (χ3n) is 6.53. The molecule has 0 aromatic heterocycles. The van der Waals surface area contributed by atoms with Crippen LogP contribution >= 0.6 is 0 Å². The number of para-hydroxylation sites is 1. The summed E-state index contributed by atoms with van der Waals surface area (Å²) in [5, 5.41) is 2.84. The van der Waals surface area contributed by atoms with Gasteiger partial charge in [0.1, 0.15) is 5.75 Å². The lowest BCUT2D eigenvalue weighted by Gasteiger charge is -2.28. The predicted octanol–water partition coefficient (Wildman–Crippen LogP) is 4.11. The van der Waals surface area contributed by atoms with Crippen LogP contribution in [0.4, 0.5) is 0 Å². The van der Waals surface area contributed by atoms with Crippen molar-refractivity contribution in [2.45, 2.75) is 19.3 Å². The van der Waals surface area contributed by atoms with E-state index in [0.717, 1.165) is 28.0 Å². The Morgan fingerprint density at radius 1 is 0.939 bits per heavy atom. The molecule has 1 heterocycles. The Bertz CT molecular complexity index is 1110. The summed E-state index contributed by atoms with van der Waals surface area (Å²) in [7, 11) is 3.34. The molecule has 1 atom stereocenters. The molecular formula is C28H30N2O3. The van der Waals surface area contributed by atoms with E-state index in [1.165, 1.54) is 0 Å². The molecule has 5 heteroatoms. The number of hydrogen-bond donors (Lipinski definition) is 1. The van der Waals surface area contributed by atoms with Crippen molar-refractivity contribution in [1.82, 2.24) is 10.2 Å². The van der Waals surface area contributed by atoms with Crippen LogP contribution in [-0.4, -0.2) is 44.0 Å². The number of nitrogens with one attached hydrogen (secondary N) is 1. The predicted molar refractivity (Wildman–Crippen MR) is 130 cm³/mol. The largest absolute Gasteiger partial charge is 0.496 e. The van der Waals surface area contributed by atoms with Crippen molar-refractivity contribution in [3.63, 3.8) is 0 Å². The van der Waals surface area contributed by atoms with Crippen molar-refractivity contribution < 1.29 is 14.3 Å². The number of methoxy groups -OCH3 is 1. The van der Waals surface area contributed by atoms with Gasteiger partial charge in [0.15, 0.2) is 0 Å². The van der Waals surface area contributed by atoms with E-state index in [9.17, 15) is 9.59 Å². The summed E-state index contributed by atoms with van der Waals surface area (Å²) in [6.07, 6.45) is 1.60. The van der Waals surface area contributed by atoms with Gasteiger partial charge >= 0.3 is 0 Å². The second kappa shape index (κ2) is 9.90. The Labute approximate surface area is 195 Å². The fourth-order valence-electron chi connectivity index (χ4n) is 4.72. The molecule has 1 aliphatic rings. The van der Waals surface area contributed by atoms with E-state index in [4.69, 9.17) is 4.74 Å². The highest BCUT2D eigenvalue weighted by Gasteiger charge is 2.45. The molecule has 5 nitrogen and oxygen atoms in total. The van der Waals surface area contributed by atoms with Gasteiger partial charge in [-0.2, -0.15) is 0 Å². The van der Waals surface area contributed by atoms with Crippen molar-refractivity contribution in [3.8, 4) is 16.9 Å². The Hall–Kier alpha value is -3.60. The van der Waals surface area contributed by atoms with Gasteiger partial charge < -0.3 is 15.0 Å². The summed E-state index contributed by atoms with van der Waals surface area (Å²) in [6.45, 7) is 1.03. The normalized spacial score (nSPS) is 17.6. The molecule has 0 spiro atoms. The summed E-state index contributed by atoms with van der Waals surface area (Å²) in [5.41, 5.74) is 3.55. The van der Waals surface area contributed by atoms with Gasteiger partial charge in [-0.1, -0.05) is 72.8 Å². The molecule has 170 valence electrons. The van der Waals surface area contributed by atoms with E-state index in [-0.39, 0.29) is 11.8 Å². The molecule has 3 aromatic carbocycles. The SMILES string of the molecule is CNC(=O)C1(Cc2ccc(-c3ccccc3OC)cc2)CCN(C(=O)Cc2ccccc2)C1. The van der Waals surface area contributed by atoms with Crippen molar-refractivity contribution in [2.24, 2.45) is 5.41 Å². The first kappa shape index (κ1) is 22.6. The number of likely N-dealkylation sites (tertiary alicyclic amines) is 1. The average molecular weight is 443 g/mol. The maximum absolute atomic E-state index is 13.0. The zero-order chi connectivity index (χ0) is 23.3. The highest BCUT2D eigenvalue weighted by atomic mass is 16.5. The molecule has 3 aromatic rings. The Kier molecular flexibility index (Phi) is 6.78. The average Bonchev–Trinajstić information content (AvgIpc) is 3.30. The van der Waals surface area contributed by atoms with Gasteiger partial charge in [0, 0.05) is 25.7 Å². The lowest BCUT2D eigenvalue weighted by atomic mass is 9.79. The molecule has 1 saturated heterocycles. The molecule has 33 heavy (non-hydrogen) atoms.